The Morgan fingerprint density at radius 2 is 2.04 bits per heavy atom. The zero-order valence-electron chi connectivity index (χ0n) is 14.6. The normalized spacial score (nSPS) is 20.6. The molecule has 1 saturated carbocycles. The first kappa shape index (κ1) is 18.1. The zero-order valence-corrected chi connectivity index (χ0v) is 14.6. The molecular formula is C20H27NO3. The van der Waals surface area contributed by atoms with Gasteiger partial charge in [-0.1, -0.05) is 25.6 Å². The van der Waals surface area contributed by atoms with Crippen LogP contribution in [-0.4, -0.2) is 25.7 Å². The van der Waals surface area contributed by atoms with Crippen LogP contribution in [0.2, 0.25) is 0 Å². The van der Waals surface area contributed by atoms with E-state index < -0.39 is 0 Å². The number of ether oxygens (including phenoxy) is 2. The van der Waals surface area contributed by atoms with Crippen LogP contribution in [0.5, 0.6) is 11.5 Å². The Morgan fingerprint density at radius 1 is 1.29 bits per heavy atom. The average Bonchev–Trinajstić information content (AvgIpc) is 2.60. The van der Waals surface area contributed by atoms with Crippen molar-refractivity contribution in [3.63, 3.8) is 0 Å². The Hall–Kier alpha value is -2.23. The van der Waals surface area contributed by atoms with Gasteiger partial charge in [0.2, 0.25) is 5.91 Å². The first-order valence-corrected chi connectivity index (χ1v) is 8.52. The van der Waals surface area contributed by atoms with Gasteiger partial charge in [0.05, 0.1) is 7.11 Å². The number of hydrogen-bond donors (Lipinski definition) is 1. The van der Waals surface area contributed by atoms with E-state index in [2.05, 4.69) is 18.8 Å². The van der Waals surface area contributed by atoms with Gasteiger partial charge in [-0.3, -0.25) is 4.79 Å². The Kier molecular flexibility index (Phi) is 6.91. The van der Waals surface area contributed by atoms with Crippen LogP contribution in [0, 0.1) is 5.92 Å². The van der Waals surface area contributed by atoms with Crippen LogP contribution in [0.4, 0.5) is 0 Å². The van der Waals surface area contributed by atoms with E-state index in [4.69, 9.17) is 9.47 Å². The molecule has 0 aromatic heterocycles. The van der Waals surface area contributed by atoms with Gasteiger partial charge in [0.1, 0.15) is 6.61 Å². The summed E-state index contributed by atoms with van der Waals surface area (Å²) in [5.41, 5.74) is 0.894. The van der Waals surface area contributed by atoms with Crippen molar-refractivity contribution >= 4 is 12.0 Å². The standard InChI is InChI=1S/C20H27NO3/c1-4-13-24-18-11-7-16(14-19(18)23-3)8-12-20(22)21-17-9-5-15(2)6-10-17/h4,7-8,11-12,14-15,17H,1,5-6,9-10,13H2,2-3H3,(H,21,22)/b12-8+. The highest BCUT2D eigenvalue weighted by Gasteiger charge is 2.18. The molecule has 0 bridgehead atoms. The van der Waals surface area contributed by atoms with E-state index in [1.165, 1.54) is 12.8 Å². The van der Waals surface area contributed by atoms with E-state index in [1.807, 2.05) is 18.2 Å². The minimum Gasteiger partial charge on any atom is -0.493 e. The van der Waals surface area contributed by atoms with E-state index in [0.29, 0.717) is 24.1 Å². The van der Waals surface area contributed by atoms with Gasteiger partial charge in [-0.25, -0.2) is 0 Å². The summed E-state index contributed by atoms with van der Waals surface area (Å²) in [7, 11) is 1.60. The summed E-state index contributed by atoms with van der Waals surface area (Å²) < 4.78 is 10.8. The third kappa shape index (κ3) is 5.44. The molecule has 0 heterocycles. The molecule has 1 amide bonds. The van der Waals surface area contributed by atoms with Crippen molar-refractivity contribution in [1.82, 2.24) is 5.32 Å². The van der Waals surface area contributed by atoms with Crippen molar-refractivity contribution in [2.45, 2.75) is 38.6 Å². The zero-order chi connectivity index (χ0) is 17.4. The Bertz CT molecular complexity index is 587. The first-order valence-electron chi connectivity index (χ1n) is 8.52. The molecule has 1 fully saturated rings. The second-order valence-electron chi connectivity index (χ2n) is 6.31. The lowest BCUT2D eigenvalue weighted by molar-refractivity contribution is -0.117. The molecule has 1 N–H and O–H groups in total. The summed E-state index contributed by atoms with van der Waals surface area (Å²) in [4.78, 5) is 12.1. The van der Waals surface area contributed by atoms with Crippen LogP contribution in [0.3, 0.4) is 0 Å². The van der Waals surface area contributed by atoms with Crippen LogP contribution < -0.4 is 14.8 Å². The lowest BCUT2D eigenvalue weighted by Gasteiger charge is -2.26. The van der Waals surface area contributed by atoms with Gasteiger partial charge < -0.3 is 14.8 Å². The number of amides is 1. The summed E-state index contributed by atoms with van der Waals surface area (Å²) in [6.45, 7) is 6.32. The number of nitrogens with one attached hydrogen (secondary N) is 1. The van der Waals surface area contributed by atoms with Gasteiger partial charge in [-0.2, -0.15) is 0 Å². The van der Waals surface area contributed by atoms with Crippen LogP contribution in [-0.2, 0) is 4.79 Å². The molecule has 4 nitrogen and oxygen atoms in total. The number of benzene rings is 1. The highest BCUT2D eigenvalue weighted by Crippen LogP contribution is 2.28. The molecule has 2 rings (SSSR count). The van der Waals surface area contributed by atoms with Gasteiger partial charge in [0.15, 0.2) is 11.5 Å². The minimum absolute atomic E-state index is 0.0412. The second-order valence-corrected chi connectivity index (χ2v) is 6.31. The molecule has 0 spiro atoms. The fourth-order valence-corrected chi connectivity index (χ4v) is 2.88. The number of methoxy groups -OCH3 is 1. The smallest absolute Gasteiger partial charge is 0.244 e. The Morgan fingerprint density at radius 3 is 2.71 bits per heavy atom. The van der Waals surface area contributed by atoms with Gasteiger partial charge in [-0.05, 0) is 55.4 Å². The van der Waals surface area contributed by atoms with Crippen molar-refractivity contribution in [1.29, 1.82) is 0 Å². The summed E-state index contributed by atoms with van der Waals surface area (Å²) in [5, 5.41) is 3.08. The summed E-state index contributed by atoms with van der Waals surface area (Å²) in [5.74, 6) is 2.04. The molecule has 0 radical (unpaired) electrons. The largest absolute Gasteiger partial charge is 0.493 e. The monoisotopic (exact) mass is 329 g/mol. The third-order valence-electron chi connectivity index (χ3n) is 4.33. The summed E-state index contributed by atoms with van der Waals surface area (Å²) >= 11 is 0. The summed E-state index contributed by atoms with van der Waals surface area (Å²) in [6.07, 6.45) is 9.59. The molecule has 0 atom stereocenters. The van der Waals surface area contributed by atoms with E-state index in [-0.39, 0.29) is 5.91 Å². The van der Waals surface area contributed by atoms with Gasteiger partial charge in [0, 0.05) is 12.1 Å². The molecule has 0 aliphatic heterocycles. The van der Waals surface area contributed by atoms with Gasteiger partial charge in [-0.15, -0.1) is 0 Å². The molecule has 1 aliphatic carbocycles. The molecule has 130 valence electrons. The highest BCUT2D eigenvalue weighted by atomic mass is 16.5. The Balaban J connectivity index is 1.92. The number of rotatable bonds is 7. The predicted molar refractivity (Wildman–Crippen MR) is 97.3 cm³/mol. The maximum absolute atomic E-state index is 12.1. The first-order chi connectivity index (χ1) is 11.6. The van der Waals surface area contributed by atoms with Crippen molar-refractivity contribution in [3.05, 3.63) is 42.5 Å². The lowest BCUT2D eigenvalue weighted by atomic mass is 9.87. The molecule has 1 aliphatic rings. The molecule has 24 heavy (non-hydrogen) atoms. The van der Waals surface area contributed by atoms with Crippen molar-refractivity contribution in [2.24, 2.45) is 5.92 Å². The van der Waals surface area contributed by atoms with E-state index in [0.717, 1.165) is 24.3 Å². The molecule has 0 unspecified atom stereocenters. The van der Waals surface area contributed by atoms with Gasteiger partial charge in [0.25, 0.3) is 0 Å². The van der Waals surface area contributed by atoms with Crippen molar-refractivity contribution in [3.8, 4) is 11.5 Å². The number of carbonyl (C=O) groups is 1. The average molecular weight is 329 g/mol. The minimum atomic E-state index is -0.0412. The van der Waals surface area contributed by atoms with E-state index >= 15 is 0 Å². The fourth-order valence-electron chi connectivity index (χ4n) is 2.88. The quantitative estimate of drug-likeness (QED) is 0.608. The van der Waals surface area contributed by atoms with E-state index in [9.17, 15) is 4.79 Å². The summed E-state index contributed by atoms with van der Waals surface area (Å²) in [6, 6.07) is 5.89. The third-order valence-corrected chi connectivity index (χ3v) is 4.33. The van der Waals surface area contributed by atoms with Crippen molar-refractivity contribution in [2.75, 3.05) is 13.7 Å². The SMILES string of the molecule is C=CCOc1ccc(/C=C/C(=O)NC2CCC(C)CC2)cc1OC. The van der Waals surface area contributed by atoms with Crippen LogP contribution in [0.25, 0.3) is 6.08 Å². The molecule has 1 aromatic rings. The fraction of sp³-hybridized carbons (Fsp3) is 0.450. The van der Waals surface area contributed by atoms with Crippen LogP contribution >= 0.6 is 0 Å². The van der Waals surface area contributed by atoms with Crippen LogP contribution in [0.15, 0.2) is 36.9 Å². The van der Waals surface area contributed by atoms with Crippen LogP contribution in [0.1, 0.15) is 38.2 Å². The topological polar surface area (TPSA) is 47.6 Å². The predicted octanol–water partition coefficient (Wildman–Crippen LogP) is 3.97. The molecular weight excluding hydrogens is 302 g/mol. The van der Waals surface area contributed by atoms with Gasteiger partial charge >= 0.3 is 0 Å². The molecule has 4 heteroatoms. The second kappa shape index (κ2) is 9.16. The maximum Gasteiger partial charge on any atom is 0.244 e. The number of carbonyl (C=O) groups excluding carboxylic acids is 1. The highest BCUT2D eigenvalue weighted by molar-refractivity contribution is 5.92. The lowest BCUT2D eigenvalue weighted by Crippen LogP contribution is -2.36. The number of hydrogen-bond acceptors (Lipinski definition) is 3. The maximum atomic E-state index is 12.1. The van der Waals surface area contributed by atoms with E-state index in [1.54, 1.807) is 25.3 Å². The molecule has 0 saturated heterocycles. The Labute approximate surface area is 144 Å². The molecule has 1 aromatic carbocycles. The van der Waals surface area contributed by atoms with Crippen molar-refractivity contribution < 1.29 is 14.3 Å².